The SMILES string of the molecule is CC(C)OCCNC(=O)C1(N)CCOC1. The Morgan fingerprint density at radius 1 is 1.67 bits per heavy atom. The first kappa shape index (κ1) is 12.4. The average molecular weight is 216 g/mol. The van der Waals surface area contributed by atoms with E-state index in [0.29, 0.717) is 32.8 Å². The summed E-state index contributed by atoms with van der Waals surface area (Å²) in [5.74, 6) is -0.146. The maximum Gasteiger partial charge on any atom is 0.242 e. The Hall–Kier alpha value is -0.650. The van der Waals surface area contributed by atoms with Crippen LogP contribution in [0.5, 0.6) is 0 Å². The molecule has 0 radical (unpaired) electrons. The minimum Gasteiger partial charge on any atom is -0.379 e. The van der Waals surface area contributed by atoms with Gasteiger partial charge in [0.05, 0.1) is 19.3 Å². The first-order valence-corrected chi connectivity index (χ1v) is 5.31. The Bertz CT molecular complexity index is 213. The molecule has 1 aliphatic heterocycles. The third kappa shape index (κ3) is 3.77. The first-order valence-electron chi connectivity index (χ1n) is 5.31. The minimum absolute atomic E-state index is 0.146. The minimum atomic E-state index is -0.835. The highest BCUT2D eigenvalue weighted by Crippen LogP contribution is 2.14. The summed E-state index contributed by atoms with van der Waals surface area (Å²) >= 11 is 0. The van der Waals surface area contributed by atoms with E-state index < -0.39 is 5.54 Å². The molecular formula is C10H20N2O3. The van der Waals surface area contributed by atoms with Gasteiger partial charge in [-0.25, -0.2) is 0 Å². The van der Waals surface area contributed by atoms with Crippen LogP contribution in [-0.4, -0.2) is 43.9 Å². The Morgan fingerprint density at radius 3 is 2.93 bits per heavy atom. The number of carbonyl (C=O) groups excluding carboxylic acids is 1. The van der Waals surface area contributed by atoms with Gasteiger partial charge in [0, 0.05) is 13.2 Å². The fourth-order valence-electron chi connectivity index (χ4n) is 1.40. The number of nitrogens with one attached hydrogen (secondary N) is 1. The van der Waals surface area contributed by atoms with Crippen molar-refractivity contribution in [1.29, 1.82) is 0 Å². The summed E-state index contributed by atoms with van der Waals surface area (Å²) in [5, 5.41) is 2.75. The molecule has 5 heteroatoms. The second-order valence-electron chi connectivity index (χ2n) is 4.13. The van der Waals surface area contributed by atoms with Crippen molar-refractivity contribution < 1.29 is 14.3 Å². The second-order valence-corrected chi connectivity index (χ2v) is 4.13. The Balaban J connectivity index is 2.18. The van der Waals surface area contributed by atoms with Gasteiger partial charge in [-0.05, 0) is 20.3 Å². The molecule has 15 heavy (non-hydrogen) atoms. The summed E-state index contributed by atoms with van der Waals surface area (Å²) in [5.41, 5.74) is 5.03. The van der Waals surface area contributed by atoms with E-state index in [1.165, 1.54) is 0 Å². The Morgan fingerprint density at radius 2 is 2.40 bits per heavy atom. The van der Waals surface area contributed by atoms with E-state index in [4.69, 9.17) is 15.2 Å². The molecule has 1 fully saturated rings. The third-order valence-corrected chi connectivity index (χ3v) is 2.34. The summed E-state index contributed by atoms with van der Waals surface area (Å²) in [6, 6.07) is 0. The molecule has 0 aliphatic carbocycles. The maximum atomic E-state index is 11.6. The van der Waals surface area contributed by atoms with Crippen molar-refractivity contribution in [3.05, 3.63) is 0 Å². The molecule has 0 spiro atoms. The monoisotopic (exact) mass is 216 g/mol. The molecule has 0 aromatic heterocycles. The third-order valence-electron chi connectivity index (χ3n) is 2.34. The zero-order valence-corrected chi connectivity index (χ0v) is 9.41. The lowest BCUT2D eigenvalue weighted by molar-refractivity contribution is -0.126. The van der Waals surface area contributed by atoms with Gasteiger partial charge in [0.1, 0.15) is 5.54 Å². The molecule has 88 valence electrons. The molecule has 1 amide bonds. The van der Waals surface area contributed by atoms with Gasteiger partial charge in [-0.1, -0.05) is 0 Å². The number of hydrogen-bond acceptors (Lipinski definition) is 4. The smallest absolute Gasteiger partial charge is 0.242 e. The molecule has 1 heterocycles. The predicted octanol–water partition coefficient (Wildman–Crippen LogP) is -0.355. The van der Waals surface area contributed by atoms with Gasteiger partial charge in [0.2, 0.25) is 5.91 Å². The van der Waals surface area contributed by atoms with Gasteiger partial charge < -0.3 is 20.5 Å². The molecule has 3 N–H and O–H groups in total. The van der Waals surface area contributed by atoms with Crippen molar-refractivity contribution in [3.8, 4) is 0 Å². The van der Waals surface area contributed by atoms with E-state index in [2.05, 4.69) is 5.32 Å². The average Bonchev–Trinajstić information content (AvgIpc) is 2.60. The van der Waals surface area contributed by atoms with E-state index in [9.17, 15) is 4.79 Å². The van der Waals surface area contributed by atoms with Crippen molar-refractivity contribution in [2.45, 2.75) is 31.9 Å². The molecule has 1 atom stereocenters. The van der Waals surface area contributed by atoms with E-state index >= 15 is 0 Å². The van der Waals surface area contributed by atoms with Gasteiger partial charge in [-0.15, -0.1) is 0 Å². The molecule has 5 nitrogen and oxygen atoms in total. The predicted molar refractivity (Wildman–Crippen MR) is 56.5 cm³/mol. The van der Waals surface area contributed by atoms with Crippen LogP contribution in [0.2, 0.25) is 0 Å². The number of carbonyl (C=O) groups is 1. The highest BCUT2D eigenvalue weighted by atomic mass is 16.5. The molecule has 1 aliphatic rings. The first-order chi connectivity index (χ1) is 7.04. The summed E-state index contributed by atoms with van der Waals surface area (Å²) in [7, 11) is 0. The van der Waals surface area contributed by atoms with Crippen LogP contribution in [0.3, 0.4) is 0 Å². The molecule has 1 unspecified atom stereocenters. The molecule has 0 bridgehead atoms. The molecule has 0 aromatic rings. The van der Waals surface area contributed by atoms with Crippen LogP contribution >= 0.6 is 0 Å². The molecular weight excluding hydrogens is 196 g/mol. The lowest BCUT2D eigenvalue weighted by atomic mass is 9.99. The number of hydrogen-bond donors (Lipinski definition) is 2. The summed E-state index contributed by atoms with van der Waals surface area (Å²) in [4.78, 5) is 11.6. The van der Waals surface area contributed by atoms with Gasteiger partial charge in [0.15, 0.2) is 0 Å². The molecule has 0 saturated carbocycles. The quantitative estimate of drug-likeness (QED) is 0.616. The summed E-state index contributed by atoms with van der Waals surface area (Å²) in [6.07, 6.45) is 0.771. The van der Waals surface area contributed by atoms with Crippen molar-refractivity contribution >= 4 is 5.91 Å². The van der Waals surface area contributed by atoms with Gasteiger partial charge in [-0.3, -0.25) is 4.79 Å². The Kier molecular flexibility index (Phi) is 4.50. The van der Waals surface area contributed by atoms with E-state index in [1.807, 2.05) is 13.8 Å². The summed E-state index contributed by atoms with van der Waals surface area (Å²) < 4.78 is 10.4. The van der Waals surface area contributed by atoms with Crippen molar-refractivity contribution in [2.75, 3.05) is 26.4 Å². The lowest BCUT2D eigenvalue weighted by Crippen LogP contribution is -2.55. The molecule has 1 saturated heterocycles. The van der Waals surface area contributed by atoms with E-state index in [-0.39, 0.29) is 12.0 Å². The van der Waals surface area contributed by atoms with Crippen molar-refractivity contribution in [1.82, 2.24) is 5.32 Å². The second kappa shape index (κ2) is 5.44. The number of rotatable bonds is 5. The Labute approximate surface area is 90.3 Å². The van der Waals surface area contributed by atoms with E-state index in [1.54, 1.807) is 0 Å². The normalized spacial score (nSPS) is 25.9. The van der Waals surface area contributed by atoms with Gasteiger partial charge in [0.25, 0.3) is 0 Å². The number of nitrogens with two attached hydrogens (primary N) is 1. The molecule has 0 aromatic carbocycles. The topological polar surface area (TPSA) is 73.6 Å². The lowest BCUT2D eigenvalue weighted by Gasteiger charge is -2.20. The van der Waals surface area contributed by atoms with Crippen LogP contribution in [0.15, 0.2) is 0 Å². The number of ether oxygens (including phenoxy) is 2. The van der Waals surface area contributed by atoms with Crippen LogP contribution in [-0.2, 0) is 14.3 Å². The zero-order chi connectivity index (χ0) is 11.3. The number of amides is 1. The molecule has 1 rings (SSSR count). The highest BCUT2D eigenvalue weighted by molar-refractivity contribution is 5.86. The zero-order valence-electron chi connectivity index (χ0n) is 9.41. The van der Waals surface area contributed by atoms with Crippen LogP contribution in [0.4, 0.5) is 0 Å². The largest absolute Gasteiger partial charge is 0.379 e. The van der Waals surface area contributed by atoms with Crippen LogP contribution in [0.1, 0.15) is 20.3 Å². The van der Waals surface area contributed by atoms with Gasteiger partial charge >= 0.3 is 0 Å². The van der Waals surface area contributed by atoms with Crippen LogP contribution in [0, 0.1) is 0 Å². The summed E-state index contributed by atoms with van der Waals surface area (Å²) in [6.45, 7) is 5.79. The van der Waals surface area contributed by atoms with E-state index in [0.717, 1.165) is 0 Å². The van der Waals surface area contributed by atoms with Crippen LogP contribution < -0.4 is 11.1 Å². The highest BCUT2D eigenvalue weighted by Gasteiger charge is 2.37. The van der Waals surface area contributed by atoms with Crippen molar-refractivity contribution in [3.63, 3.8) is 0 Å². The van der Waals surface area contributed by atoms with Crippen molar-refractivity contribution in [2.24, 2.45) is 5.73 Å². The fourth-order valence-corrected chi connectivity index (χ4v) is 1.40. The maximum absolute atomic E-state index is 11.6. The van der Waals surface area contributed by atoms with Gasteiger partial charge in [-0.2, -0.15) is 0 Å². The van der Waals surface area contributed by atoms with Crippen LogP contribution in [0.25, 0.3) is 0 Å². The fraction of sp³-hybridized carbons (Fsp3) is 0.900. The standard InChI is InChI=1S/C10H20N2O3/c1-8(2)15-6-4-12-9(13)10(11)3-5-14-7-10/h8H,3-7,11H2,1-2H3,(H,12,13).